The lowest BCUT2D eigenvalue weighted by Crippen LogP contribution is -2.39. The van der Waals surface area contributed by atoms with Gasteiger partial charge in [-0.25, -0.2) is 0 Å². The highest BCUT2D eigenvalue weighted by molar-refractivity contribution is 14.0. The molecule has 0 aliphatic carbocycles. The first kappa shape index (κ1) is 18.0. The van der Waals surface area contributed by atoms with Gasteiger partial charge in [0.15, 0.2) is 5.96 Å². The molecule has 0 saturated carbocycles. The van der Waals surface area contributed by atoms with E-state index in [1.807, 2.05) is 6.08 Å². The SMILES string of the molecule is C=CCNC(=NC)NCC(C)c1cccc(C)c1.I. The zero-order valence-electron chi connectivity index (χ0n) is 11.9. The molecule has 0 fully saturated rings. The molecule has 0 radical (unpaired) electrons. The molecular weight excluding hydrogens is 349 g/mol. The molecule has 1 unspecified atom stereocenters. The maximum atomic E-state index is 4.16. The summed E-state index contributed by atoms with van der Waals surface area (Å²) in [5.74, 6) is 1.27. The van der Waals surface area contributed by atoms with Gasteiger partial charge in [0.2, 0.25) is 0 Å². The van der Waals surface area contributed by atoms with Crippen LogP contribution in [0.25, 0.3) is 0 Å². The highest BCUT2D eigenvalue weighted by Crippen LogP contribution is 2.15. The third-order valence-electron chi connectivity index (χ3n) is 2.82. The molecule has 0 aromatic heterocycles. The second-order valence-electron chi connectivity index (χ2n) is 4.44. The van der Waals surface area contributed by atoms with Crippen LogP contribution in [0.15, 0.2) is 41.9 Å². The Morgan fingerprint density at radius 3 is 2.74 bits per heavy atom. The number of guanidine groups is 1. The van der Waals surface area contributed by atoms with Crippen molar-refractivity contribution in [1.82, 2.24) is 10.6 Å². The molecular formula is C15H24IN3. The first-order valence-corrected chi connectivity index (χ1v) is 6.29. The summed E-state index contributed by atoms with van der Waals surface area (Å²) in [5.41, 5.74) is 2.65. The molecule has 0 heterocycles. The van der Waals surface area contributed by atoms with Crippen LogP contribution in [0.5, 0.6) is 0 Å². The van der Waals surface area contributed by atoms with Crippen molar-refractivity contribution >= 4 is 29.9 Å². The average molecular weight is 373 g/mol. The first-order chi connectivity index (χ1) is 8.67. The molecule has 0 bridgehead atoms. The zero-order chi connectivity index (χ0) is 13.4. The van der Waals surface area contributed by atoms with Crippen LogP contribution in [0.3, 0.4) is 0 Å². The number of nitrogens with zero attached hydrogens (tertiary/aromatic N) is 1. The highest BCUT2D eigenvalue weighted by atomic mass is 127. The van der Waals surface area contributed by atoms with E-state index in [4.69, 9.17) is 0 Å². The number of aryl methyl sites for hydroxylation is 1. The number of aliphatic imine (C=N–C) groups is 1. The smallest absolute Gasteiger partial charge is 0.191 e. The number of nitrogens with one attached hydrogen (secondary N) is 2. The number of hydrogen-bond donors (Lipinski definition) is 2. The Bertz CT molecular complexity index is 416. The van der Waals surface area contributed by atoms with Crippen LogP contribution in [0, 0.1) is 6.92 Å². The molecule has 0 aliphatic rings. The summed E-state index contributed by atoms with van der Waals surface area (Å²) in [6, 6.07) is 8.62. The Morgan fingerprint density at radius 2 is 2.16 bits per heavy atom. The number of benzene rings is 1. The number of halogens is 1. The van der Waals surface area contributed by atoms with E-state index in [2.05, 4.69) is 60.3 Å². The van der Waals surface area contributed by atoms with Gasteiger partial charge in [-0.2, -0.15) is 0 Å². The number of hydrogen-bond acceptors (Lipinski definition) is 1. The van der Waals surface area contributed by atoms with Crippen molar-refractivity contribution in [3.63, 3.8) is 0 Å². The van der Waals surface area contributed by atoms with Gasteiger partial charge in [0, 0.05) is 20.1 Å². The van der Waals surface area contributed by atoms with Crippen LogP contribution in [0.4, 0.5) is 0 Å². The molecule has 3 nitrogen and oxygen atoms in total. The van der Waals surface area contributed by atoms with Crippen LogP contribution >= 0.6 is 24.0 Å². The lowest BCUT2D eigenvalue weighted by atomic mass is 9.99. The van der Waals surface area contributed by atoms with Crippen molar-refractivity contribution in [2.24, 2.45) is 4.99 Å². The monoisotopic (exact) mass is 373 g/mol. The van der Waals surface area contributed by atoms with Gasteiger partial charge in [-0.1, -0.05) is 42.8 Å². The van der Waals surface area contributed by atoms with Crippen LogP contribution in [0.2, 0.25) is 0 Å². The lowest BCUT2D eigenvalue weighted by molar-refractivity contribution is 0.705. The molecule has 106 valence electrons. The minimum absolute atomic E-state index is 0. The molecule has 19 heavy (non-hydrogen) atoms. The van der Waals surface area contributed by atoms with Crippen molar-refractivity contribution in [2.45, 2.75) is 19.8 Å². The maximum absolute atomic E-state index is 4.16. The molecule has 0 aliphatic heterocycles. The molecule has 1 aromatic rings. The highest BCUT2D eigenvalue weighted by Gasteiger charge is 2.06. The fourth-order valence-electron chi connectivity index (χ4n) is 1.73. The van der Waals surface area contributed by atoms with E-state index in [0.29, 0.717) is 5.92 Å². The maximum Gasteiger partial charge on any atom is 0.191 e. The summed E-state index contributed by atoms with van der Waals surface area (Å²) in [6.07, 6.45) is 1.82. The van der Waals surface area contributed by atoms with E-state index in [1.165, 1.54) is 11.1 Å². The van der Waals surface area contributed by atoms with Crippen molar-refractivity contribution in [2.75, 3.05) is 20.1 Å². The number of rotatable bonds is 5. The average Bonchev–Trinajstić information content (AvgIpc) is 2.38. The van der Waals surface area contributed by atoms with E-state index in [-0.39, 0.29) is 24.0 Å². The predicted octanol–water partition coefficient (Wildman–Crippen LogP) is 3.07. The quantitative estimate of drug-likeness (QED) is 0.360. The first-order valence-electron chi connectivity index (χ1n) is 6.29. The van der Waals surface area contributed by atoms with Crippen molar-refractivity contribution in [3.8, 4) is 0 Å². The summed E-state index contributed by atoms with van der Waals surface area (Å²) in [5, 5.41) is 6.47. The van der Waals surface area contributed by atoms with Gasteiger partial charge in [0.25, 0.3) is 0 Å². The minimum atomic E-state index is 0. The molecule has 0 saturated heterocycles. The van der Waals surface area contributed by atoms with Gasteiger partial charge in [-0.05, 0) is 18.4 Å². The van der Waals surface area contributed by atoms with Crippen LogP contribution in [0.1, 0.15) is 24.0 Å². The van der Waals surface area contributed by atoms with Crippen molar-refractivity contribution < 1.29 is 0 Å². The van der Waals surface area contributed by atoms with Gasteiger partial charge < -0.3 is 10.6 Å². The summed E-state index contributed by atoms with van der Waals surface area (Å²) in [6.45, 7) is 9.59. The van der Waals surface area contributed by atoms with Gasteiger partial charge in [0.05, 0.1) is 0 Å². The Hall–Kier alpha value is -1.04. The van der Waals surface area contributed by atoms with E-state index in [1.54, 1.807) is 7.05 Å². The normalized spacial score (nSPS) is 12.3. The lowest BCUT2D eigenvalue weighted by Gasteiger charge is -2.16. The second kappa shape index (κ2) is 9.83. The molecule has 4 heteroatoms. The van der Waals surface area contributed by atoms with Crippen LogP contribution in [-0.2, 0) is 0 Å². The Balaban J connectivity index is 0.00000324. The second-order valence-corrected chi connectivity index (χ2v) is 4.44. The molecule has 0 amide bonds. The van der Waals surface area contributed by atoms with Crippen LogP contribution < -0.4 is 10.6 Å². The molecule has 1 rings (SSSR count). The topological polar surface area (TPSA) is 36.4 Å². The Labute approximate surface area is 133 Å². The van der Waals surface area contributed by atoms with Gasteiger partial charge in [-0.15, -0.1) is 30.6 Å². The fraction of sp³-hybridized carbons (Fsp3) is 0.400. The third-order valence-corrected chi connectivity index (χ3v) is 2.82. The predicted molar refractivity (Wildman–Crippen MR) is 94.6 cm³/mol. The minimum Gasteiger partial charge on any atom is -0.356 e. The van der Waals surface area contributed by atoms with E-state index in [9.17, 15) is 0 Å². The van der Waals surface area contributed by atoms with E-state index < -0.39 is 0 Å². The van der Waals surface area contributed by atoms with Gasteiger partial charge >= 0.3 is 0 Å². The standard InChI is InChI=1S/C15H23N3.HI/c1-5-9-17-15(16-4)18-11-13(3)14-8-6-7-12(2)10-14;/h5-8,10,13H,1,9,11H2,2-4H3,(H2,16,17,18);1H. The molecule has 0 spiro atoms. The van der Waals surface area contributed by atoms with Gasteiger partial charge in [0.1, 0.15) is 0 Å². The van der Waals surface area contributed by atoms with Crippen molar-refractivity contribution in [1.29, 1.82) is 0 Å². The Morgan fingerprint density at radius 1 is 1.42 bits per heavy atom. The fourth-order valence-corrected chi connectivity index (χ4v) is 1.73. The largest absolute Gasteiger partial charge is 0.356 e. The zero-order valence-corrected chi connectivity index (χ0v) is 14.3. The Kier molecular flexibility index (Phi) is 9.30. The van der Waals surface area contributed by atoms with Crippen LogP contribution in [-0.4, -0.2) is 26.1 Å². The molecule has 1 aromatic carbocycles. The summed E-state index contributed by atoms with van der Waals surface area (Å²) >= 11 is 0. The van der Waals surface area contributed by atoms with E-state index in [0.717, 1.165) is 19.0 Å². The van der Waals surface area contributed by atoms with Gasteiger partial charge in [-0.3, -0.25) is 4.99 Å². The third kappa shape index (κ3) is 6.61. The summed E-state index contributed by atoms with van der Waals surface area (Å²) in [7, 11) is 1.77. The van der Waals surface area contributed by atoms with Crippen molar-refractivity contribution in [3.05, 3.63) is 48.0 Å². The molecule has 1 atom stereocenters. The summed E-state index contributed by atoms with van der Waals surface area (Å²) < 4.78 is 0. The summed E-state index contributed by atoms with van der Waals surface area (Å²) in [4.78, 5) is 4.16. The molecule has 2 N–H and O–H groups in total. The van der Waals surface area contributed by atoms with E-state index >= 15 is 0 Å².